The Morgan fingerprint density at radius 2 is 1.24 bits per heavy atom. The number of carboxylic acid groups (broad SMARTS) is 1. The summed E-state index contributed by atoms with van der Waals surface area (Å²) >= 11 is 0.332. The number of ether oxygens (including phenoxy) is 5. The lowest BCUT2D eigenvalue weighted by Gasteiger charge is -2.61. The van der Waals surface area contributed by atoms with Crippen LogP contribution < -0.4 is 0 Å². The highest BCUT2D eigenvalue weighted by molar-refractivity contribution is 8.03. The van der Waals surface area contributed by atoms with Gasteiger partial charge in [0.05, 0.1) is 55.7 Å². The predicted molar refractivity (Wildman–Crippen MR) is 196 cm³/mol. The molecule has 0 spiro atoms. The number of aliphatic hydroxyl groups is 5. The van der Waals surface area contributed by atoms with E-state index in [1.807, 2.05) is 0 Å². The topological polar surface area (TPSA) is 310 Å². The fourth-order valence-corrected chi connectivity index (χ4v) is 11.6. The molecule has 0 unspecified atom stereocenters. The summed E-state index contributed by atoms with van der Waals surface area (Å²) in [7, 11) is 1.10. The first-order valence-corrected chi connectivity index (χ1v) is 19.4. The summed E-state index contributed by atoms with van der Waals surface area (Å²) in [5, 5.41) is 87.8. The highest BCUT2D eigenvalue weighted by Crippen LogP contribution is 2.64. The lowest BCUT2D eigenvalue weighted by molar-refractivity contribution is -0.295. The van der Waals surface area contributed by atoms with Crippen LogP contribution in [0.25, 0.3) is 0 Å². The SMILES string of the molecule is COC(=O)C[C@@H]1C[C@@]2(S[C@]34C[C@H](CCO[C@H]5O[C@@H](C(=O)O)[C@H](O)[C@@H](O)[C@@H]5O)O[C@@H](C)[C@@]3(O)C(=O)c3c(O)cccc3C4=O)C(=O)c3cccc(O)c3C(=O)[C@@]2(O)[C@@H](C)O1. The maximum atomic E-state index is 15.3. The molecule has 3 saturated heterocycles. The molecular weight excluding hydrogens is 804 g/mol. The van der Waals surface area contributed by atoms with Crippen molar-refractivity contribution in [2.45, 2.75) is 115 Å². The number of methoxy groups -OCH3 is 1. The summed E-state index contributed by atoms with van der Waals surface area (Å²) in [6, 6.07) is 7.23. The molecule has 8 N–H and O–H groups in total. The van der Waals surface area contributed by atoms with E-state index < -0.39 is 159 Å². The third-order valence-corrected chi connectivity index (χ3v) is 14.2. The molecule has 318 valence electrons. The van der Waals surface area contributed by atoms with E-state index in [9.17, 15) is 60.0 Å². The molecule has 2 aromatic carbocycles. The normalized spacial score (nSPS) is 39.1. The first-order chi connectivity index (χ1) is 27.7. The number of phenolic OH excluding ortho intramolecular Hbond substituents is 2. The van der Waals surface area contributed by atoms with Crippen LogP contribution in [0, 0.1) is 0 Å². The van der Waals surface area contributed by atoms with Gasteiger partial charge in [0, 0.05) is 11.1 Å². The van der Waals surface area contributed by atoms with Crippen molar-refractivity contribution in [1.29, 1.82) is 0 Å². The van der Waals surface area contributed by atoms with E-state index in [4.69, 9.17) is 23.7 Å². The molecule has 0 amide bonds. The molecular formula is C39H42O19S. The van der Waals surface area contributed by atoms with Crippen LogP contribution in [-0.2, 0) is 33.3 Å². The number of aliphatic carboxylic acids is 1. The molecule has 59 heavy (non-hydrogen) atoms. The van der Waals surface area contributed by atoms with Crippen molar-refractivity contribution < 1.29 is 93.3 Å². The lowest BCUT2D eigenvalue weighted by atomic mass is 9.63. The van der Waals surface area contributed by atoms with Gasteiger partial charge < -0.3 is 64.5 Å². The second-order valence-corrected chi connectivity index (χ2v) is 17.0. The number of carbonyl (C=O) groups excluding carboxylic acids is 5. The second-order valence-electron chi connectivity index (χ2n) is 15.4. The van der Waals surface area contributed by atoms with E-state index in [-0.39, 0.29) is 17.5 Å². The Labute approximate surface area is 338 Å². The van der Waals surface area contributed by atoms with Crippen molar-refractivity contribution >= 4 is 46.8 Å². The van der Waals surface area contributed by atoms with Gasteiger partial charge in [-0.2, -0.15) is 0 Å². The minimum Gasteiger partial charge on any atom is -0.507 e. The Kier molecular flexibility index (Phi) is 10.9. The number of carbonyl (C=O) groups is 6. The minimum absolute atomic E-state index is 0.259. The number of thioether (sulfide) groups is 1. The number of aromatic hydroxyl groups is 2. The van der Waals surface area contributed by atoms with E-state index in [1.54, 1.807) is 0 Å². The van der Waals surface area contributed by atoms with Gasteiger partial charge in [0.15, 0.2) is 35.2 Å². The second kappa shape index (κ2) is 15.0. The number of esters is 1. The van der Waals surface area contributed by atoms with Crippen LogP contribution >= 0.6 is 11.8 Å². The number of aliphatic hydroxyl groups excluding tert-OH is 3. The van der Waals surface area contributed by atoms with Gasteiger partial charge in [-0.25, -0.2) is 4.79 Å². The van der Waals surface area contributed by atoms with Crippen LogP contribution in [0.1, 0.15) is 81.0 Å². The number of ketones is 4. The van der Waals surface area contributed by atoms with Crippen LogP contribution in [0.15, 0.2) is 36.4 Å². The fourth-order valence-electron chi connectivity index (χ4n) is 9.19. The van der Waals surface area contributed by atoms with Gasteiger partial charge in [0.2, 0.25) is 11.6 Å². The molecule has 0 aromatic heterocycles. The molecule has 5 aliphatic rings. The first kappa shape index (κ1) is 42.8. The smallest absolute Gasteiger partial charge is 0.335 e. The zero-order valence-corrected chi connectivity index (χ0v) is 32.5. The molecule has 0 bridgehead atoms. The van der Waals surface area contributed by atoms with Gasteiger partial charge in [-0.15, -0.1) is 11.8 Å². The average molecular weight is 847 g/mol. The molecule has 3 heterocycles. The molecule has 3 aliphatic heterocycles. The maximum absolute atomic E-state index is 15.3. The molecule has 0 saturated carbocycles. The van der Waals surface area contributed by atoms with Gasteiger partial charge >= 0.3 is 11.9 Å². The van der Waals surface area contributed by atoms with E-state index in [0.29, 0.717) is 11.8 Å². The lowest BCUT2D eigenvalue weighted by Crippen LogP contribution is -2.79. The Balaban J connectivity index is 1.36. The molecule has 2 aliphatic carbocycles. The van der Waals surface area contributed by atoms with Crippen molar-refractivity contribution in [1.82, 2.24) is 0 Å². The van der Waals surface area contributed by atoms with E-state index >= 15 is 9.59 Å². The monoisotopic (exact) mass is 846 g/mol. The molecule has 20 heteroatoms. The van der Waals surface area contributed by atoms with Gasteiger partial charge in [0.25, 0.3) is 0 Å². The number of rotatable bonds is 9. The van der Waals surface area contributed by atoms with Crippen LogP contribution in [0.4, 0.5) is 0 Å². The number of phenols is 2. The minimum atomic E-state index is -2.95. The first-order valence-electron chi connectivity index (χ1n) is 18.6. The van der Waals surface area contributed by atoms with Crippen molar-refractivity contribution in [3.8, 4) is 11.5 Å². The van der Waals surface area contributed by atoms with Gasteiger partial charge in [0.1, 0.15) is 39.3 Å². The Morgan fingerprint density at radius 1 is 0.746 bits per heavy atom. The summed E-state index contributed by atoms with van der Waals surface area (Å²) in [5.41, 5.74) is -7.73. The molecule has 13 atom stereocenters. The van der Waals surface area contributed by atoms with Gasteiger partial charge in [-0.05, 0) is 45.2 Å². The van der Waals surface area contributed by atoms with Crippen LogP contribution in [0.5, 0.6) is 11.5 Å². The summed E-state index contributed by atoms with van der Waals surface area (Å²) < 4.78 is 22.6. The van der Waals surface area contributed by atoms with Crippen molar-refractivity contribution in [3.05, 3.63) is 58.7 Å². The Hall–Kier alpha value is -4.35. The number of hydrogen-bond donors (Lipinski definition) is 8. The van der Waals surface area contributed by atoms with Gasteiger partial charge in [-0.3, -0.25) is 24.0 Å². The van der Waals surface area contributed by atoms with E-state index in [2.05, 4.69) is 0 Å². The Morgan fingerprint density at radius 3 is 1.73 bits per heavy atom. The highest BCUT2D eigenvalue weighted by Gasteiger charge is 2.78. The van der Waals surface area contributed by atoms with Crippen molar-refractivity contribution in [3.63, 3.8) is 0 Å². The molecule has 0 radical (unpaired) electrons. The number of hydrogen-bond acceptors (Lipinski definition) is 19. The third kappa shape index (κ3) is 6.06. The zero-order chi connectivity index (χ0) is 43.1. The number of carboxylic acids is 1. The number of benzene rings is 2. The van der Waals surface area contributed by atoms with Crippen LogP contribution in [-0.4, -0.2) is 165 Å². The molecule has 7 rings (SSSR count). The Bertz CT molecular complexity index is 2130. The van der Waals surface area contributed by atoms with E-state index in [0.717, 1.165) is 19.2 Å². The largest absolute Gasteiger partial charge is 0.507 e. The fraction of sp³-hybridized carbons (Fsp3) is 0.538. The summed E-state index contributed by atoms with van der Waals surface area (Å²) in [6.07, 6.45) is -17.5. The molecule has 3 fully saturated rings. The standard InChI is InChI=1S/C39H42O19S/c1-15-38(52)32(48)24-19(6-4-8-21(24)40)30(46)36(38,13-17(56-15)10-11-55-35-28(45)26(43)27(44)29(58-35)34(50)51)59-37-14-18(12-23(42)54-3)57-16(2)39(37,53)33(49)25-20(31(37)47)7-5-9-22(25)41/h4-9,15-18,26-29,35,40-41,43-45,52-53H,10-14H2,1-3H3,(H,50,51)/t15-,16+,17-,18+,26+,27+,28-,29+,35-,36-,37+,38+,39-/m0/s1. The quantitative estimate of drug-likeness (QED) is 0.147. The summed E-state index contributed by atoms with van der Waals surface area (Å²) in [6.45, 7) is 2.04. The van der Waals surface area contributed by atoms with Crippen LogP contribution in [0.2, 0.25) is 0 Å². The van der Waals surface area contributed by atoms with Crippen LogP contribution in [0.3, 0.4) is 0 Å². The number of fused-ring (bicyclic) bond motifs is 4. The van der Waals surface area contributed by atoms with Crippen molar-refractivity contribution in [2.24, 2.45) is 0 Å². The molecule has 2 aromatic rings. The average Bonchev–Trinajstić information content (AvgIpc) is 3.19. The molecule has 19 nitrogen and oxygen atoms in total. The zero-order valence-electron chi connectivity index (χ0n) is 31.7. The maximum Gasteiger partial charge on any atom is 0.335 e. The van der Waals surface area contributed by atoms with E-state index in [1.165, 1.54) is 38.1 Å². The van der Waals surface area contributed by atoms with Gasteiger partial charge in [-0.1, -0.05) is 24.3 Å². The third-order valence-electron chi connectivity index (χ3n) is 12.2. The highest BCUT2D eigenvalue weighted by atomic mass is 32.2. The van der Waals surface area contributed by atoms with Crippen molar-refractivity contribution in [2.75, 3.05) is 13.7 Å². The number of Topliss-reactive ketones (excluding diaryl/α,β-unsaturated/α-hetero) is 4. The summed E-state index contributed by atoms with van der Waals surface area (Å²) in [4.78, 5) is 84.1. The summed E-state index contributed by atoms with van der Waals surface area (Å²) in [5.74, 6) is -8.15. The predicted octanol–water partition coefficient (Wildman–Crippen LogP) is -0.554.